The van der Waals surface area contributed by atoms with Crippen molar-refractivity contribution in [2.75, 3.05) is 26.7 Å². The van der Waals surface area contributed by atoms with E-state index in [1.165, 1.54) is 0 Å². The van der Waals surface area contributed by atoms with E-state index in [0.29, 0.717) is 19.4 Å². The molecule has 0 aromatic heterocycles. The highest BCUT2D eigenvalue weighted by molar-refractivity contribution is 5.98. The minimum Gasteiger partial charge on any atom is -0.497 e. The summed E-state index contributed by atoms with van der Waals surface area (Å²) in [6, 6.07) is 11.6. The van der Waals surface area contributed by atoms with Crippen LogP contribution in [0.4, 0.5) is 0 Å². The lowest BCUT2D eigenvalue weighted by molar-refractivity contribution is 0.0832. The van der Waals surface area contributed by atoms with Crippen LogP contribution in [0.3, 0.4) is 0 Å². The van der Waals surface area contributed by atoms with E-state index < -0.39 is 0 Å². The van der Waals surface area contributed by atoms with Gasteiger partial charge in [0.05, 0.1) is 25.2 Å². The fourth-order valence-electron chi connectivity index (χ4n) is 3.12. The number of ketones is 1. The number of piperidine rings is 1. The van der Waals surface area contributed by atoms with Crippen LogP contribution < -0.4 is 4.74 Å². The zero-order valence-electron chi connectivity index (χ0n) is 14.1. The fraction of sp³-hybridized carbons (Fsp3) is 0.526. The molecule has 2 rings (SSSR count). The molecule has 0 saturated carbocycles. The average Bonchev–Trinajstić information content (AvgIpc) is 2.65. The molecule has 1 fully saturated rings. The molecule has 1 aromatic carbocycles. The van der Waals surface area contributed by atoms with E-state index in [1.807, 2.05) is 24.3 Å². The fourth-order valence-corrected chi connectivity index (χ4v) is 3.12. The Hall–Kier alpha value is -2.37. The predicted octanol–water partition coefficient (Wildman–Crippen LogP) is 3.03. The number of hydrogen-bond acceptors (Lipinski definition) is 5. The molecule has 24 heavy (non-hydrogen) atoms. The maximum Gasteiger partial charge on any atom is 0.166 e. The summed E-state index contributed by atoms with van der Waals surface area (Å²) in [5.41, 5.74) is 0.734. The Balaban J connectivity index is 1.84. The molecule has 1 aliphatic heterocycles. The van der Waals surface area contributed by atoms with E-state index in [-0.39, 0.29) is 17.6 Å². The highest BCUT2D eigenvalue weighted by atomic mass is 16.5. The van der Waals surface area contributed by atoms with E-state index in [2.05, 4.69) is 17.0 Å². The molecule has 0 aliphatic carbocycles. The molecule has 1 aliphatic rings. The zero-order valence-corrected chi connectivity index (χ0v) is 14.1. The van der Waals surface area contributed by atoms with Crippen molar-refractivity contribution in [2.45, 2.75) is 25.7 Å². The van der Waals surface area contributed by atoms with Crippen LogP contribution in [0.5, 0.6) is 5.75 Å². The van der Waals surface area contributed by atoms with Crippen LogP contribution in [0.15, 0.2) is 24.3 Å². The number of likely N-dealkylation sites (tertiary alicyclic amines) is 1. The Kier molecular flexibility index (Phi) is 6.78. The molecule has 1 unspecified atom stereocenters. The number of nitriles is 2. The second kappa shape index (κ2) is 9.05. The Labute approximate surface area is 143 Å². The monoisotopic (exact) mass is 325 g/mol. The van der Waals surface area contributed by atoms with Gasteiger partial charge in [0.25, 0.3) is 0 Å². The van der Waals surface area contributed by atoms with Gasteiger partial charge in [0.2, 0.25) is 0 Å². The summed E-state index contributed by atoms with van der Waals surface area (Å²) < 4.78 is 5.12. The molecule has 0 spiro atoms. The summed E-state index contributed by atoms with van der Waals surface area (Å²) in [6.07, 6.45) is 2.69. The first-order chi connectivity index (χ1) is 11.7. The van der Waals surface area contributed by atoms with Crippen LogP contribution in [0.25, 0.3) is 0 Å². The summed E-state index contributed by atoms with van der Waals surface area (Å²) in [5, 5.41) is 17.8. The lowest BCUT2D eigenvalue weighted by atomic mass is 9.88. The summed E-state index contributed by atoms with van der Waals surface area (Å²) in [7, 11) is 1.61. The third-order valence-electron chi connectivity index (χ3n) is 4.60. The van der Waals surface area contributed by atoms with Crippen molar-refractivity contribution >= 4 is 5.78 Å². The summed E-state index contributed by atoms with van der Waals surface area (Å²) >= 11 is 0. The first-order valence-corrected chi connectivity index (χ1v) is 8.35. The van der Waals surface area contributed by atoms with Crippen molar-refractivity contribution in [3.63, 3.8) is 0 Å². The van der Waals surface area contributed by atoms with Gasteiger partial charge in [-0.25, -0.2) is 0 Å². The van der Waals surface area contributed by atoms with Crippen LogP contribution in [0, 0.1) is 34.5 Å². The van der Waals surface area contributed by atoms with Crippen molar-refractivity contribution in [2.24, 2.45) is 11.8 Å². The first kappa shape index (κ1) is 18.0. The number of methoxy groups -OCH3 is 1. The molecule has 1 heterocycles. The number of hydrogen-bond donors (Lipinski definition) is 0. The Morgan fingerprint density at radius 3 is 2.50 bits per heavy atom. The van der Waals surface area contributed by atoms with Gasteiger partial charge in [-0.1, -0.05) is 0 Å². The number of carbonyl (C=O) groups is 1. The van der Waals surface area contributed by atoms with Crippen LogP contribution in [-0.2, 0) is 0 Å². The van der Waals surface area contributed by atoms with Crippen LogP contribution >= 0.6 is 0 Å². The molecule has 0 amide bonds. The number of benzene rings is 1. The molecule has 1 aromatic rings. The molecule has 0 N–H and O–H groups in total. The summed E-state index contributed by atoms with van der Waals surface area (Å²) in [6.45, 7) is 2.36. The molecule has 1 atom stereocenters. The molecular formula is C19H23N3O2. The molecule has 0 bridgehead atoms. The van der Waals surface area contributed by atoms with E-state index >= 15 is 0 Å². The van der Waals surface area contributed by atoms with Gasteiger partial charge in [-0.05, 0) is 56.6 Å². The van der Waals surface area contributed by atoms with Gasteiger partial charge in [0, 0.05) is 24.4 Å². The first-order valence-electron chi connectivity index (χ1n) is 8.35. The SMILES string of the molecule is COc1ccc(C(=O)C2CCN(CC(C#N)CCC#N)CC2)cc1. The number of nitrogens with zero attached hydrogens (tertiary/aromatic N) is 3. The van der Waals surface area contributed by atoms with Crippen LogP contribution in [-0.4, -0.2) is 37.4 Å². The van der Waals surface area contributed by atoms with Crippen LogP contribution in [0.2, 0.25) is 0 Å². The predicted molar refractivity (Wildman–Crippen MR) is 90.4 cm³/mol. The maximum atomic E-state index is 12.6. The van der Waals surface area contributed by atoms with Crippen molar-refractivity contribution in [3.05, 3.63) is 29.8 Å². The number of rotatable bonds is 7. The molecular weight excluding hydrogens is 302 g/mol. The average molecular weight is 325 g/mol. The lowest BCUT2D eigenvalue weighted by Gasteiger charge is -2.32. The van der Waals surface area contributed by atoms with Crippen molar-refractivity contribution in [1.29, 1.82) is 10.5 Å². The highest BCUT2D eigenvalue weighted by Crippen LogP contribution is 2.24. The second-order valence-electron chi connectivity index (χ2n) is 6.19. The van der Waals surface area contributed by atoms with Gasteiger partial charge in [-0.3, -0.25) is 4.79 Å². The van der Waals surface area contributed by atoms with Crippen molar-refractivity contribution < 1.29 is 9.53 Å². The topological polar surface area (TPSA) is 77.1 Å². The van der Waals surface area contributed by atoms with Gasteiger partial charge in [0.1, 0.15) is 5.75 Å². The smallest absolute Gasteiger partial charge is 0.166 e. The summed E-state index contributed by atoms with van der Waals surface area (Å²) in [4.78, 5) is 14.8. The molecule has 1 saturated heterocycles. The number of Topliss-reactive ketones (excluding diaryl/α,β-unsaturated/α-hetero) is 1. The molecule has 126 valence electrons. The molecule has 5 heteroatoms. The van der Waals surface area contributed by atoms with Crippen molar-refractivity contribution in [1.82, 2.24) is 4.90 Å². The molecule has 5 nitrogen and oxygen atoms in total. The Bertz CT molecular complexity index is 619. The third-order valence-corrected chi connectivity index (χ3v) is 4.60. The van der Waals surface area contributed by atoms with Gasteiger partial charge in [-0.2, -0.15) is 10.5 Å². The third kappa shape index (κ3) is 4.81. The zero-order chi connectivity index (χ0) is 17.4. The Morgan fingerprint density at radius 1 is 1.29 bits per heavy atom. The van der Waals surface area contributed by atoms with E-state index in [0.717, 1.165) is 37.2 Å². The molecule has 0 radical (unpaired) electrons. The van der Waals surface area contributed by atoms with E-state index in [9.17, 15) is 4.79 Å². The van der Waals surface area contributed by atoms with Gasteiger partial charge in [0.15, 0.2) is 5.78 Å². The maximum absolute atomic E-state index is 12.6. The van der Waals surface area contributed by atoms with Gasteiger partial charge in [-0.15, -0.1) is 0 Å². The highest BCUT2D eigenvalue weighted by Gasteiger charge is 2.26. The summed E-state index contributed by atoms with van der Waals surface area (Å²) in [5.74, 6) is 0.896. The van der Waals surface area contributed by atoms with Crippen LogP contribution in [0.1, 0.15) is 36.0 Å². The minimum atomic E-state index is -0.0986. The van der Waals surface area contributed by atoms with Crippen molar-refractivity contribution in [3.8, 4) is 17.9 Å². The van der Waals surface area contributed by atoms with E-state index in [4.69, 9.17) is 15.3 Å². The normalized spacial score (nSPS) is 16.8. The second-order valence-corrected chi connectivity index (χ2v) is 6.19. The lowest BCUT2D eigenvalue weighted by Crippen LogP contribution is -2.38. The van der Waals surface area contributed by atoms with Gasteiger partial charge < -0.3 is 9.64 Å². The van der Waals surface area contributed by atoms with E-state index in [1.54, 1.807) is 7.11 Å². The number of ether oxygens (including phenoxy) is 1. The minimum absolute atomic E-state index is 0.0503. The van der Waals surface area contributed by atoms with Gasteiger partial charge >= 0.3 is 0 Å². The standard InChI is InChI=1S/C19H23N3O2/c1-24-18-6-4-16(5-7-18)19(23)17-8-11-22(12-9-17)14-15(13-21)3-2-10-20/h4-7,15,17H,2-3,8-9,11-12,14H2,1H3. The largest absolute Gasteiger partial charge is 0.497 e. The Morgan fingerprint density at radius 2 is 1.96 bits per heavy atom. The quantitative estimate of drug-likeness (QED) is 0.720. The number of carbonyl (C=O) groups excluding carboxylic acids is 1.